The number of nitrogens with one attached hydrogen (secondary N) is 1. The van der Waals surface area contributed by atoms with Crippen molar-refractivity contribution in [2.24, 2.45) is 0 Å². The Morgan fingerprint density at radius 3 is 2.89 bits per heavy atom. The van der Waals surface area contributed by atoms with Gasteiger partial charge in [-0.05, 0) is 17.5 Å². The second kappa shape index (κ2) is 5.08. The van der Waals surface area contributed by atoms with Crippen LogP contribution in [0, 0.1) is 0 Å². The van der Waals surface area contributed by atoms with Gasteiger partial charge in [0.05, 0.1) is 6.61 Å². The fourth-order valence-corrected chi connectivity index (χ4v) is 2.65. The summed E-state index contributed by atoms with van der Waals surface area (Å²) in [5, 5.41) is 3.26. The predicted octanol–water partition coefficient (Wildman–Crippen LogP) is 0.732. The molecule has 1 N–H and O–H groups in total. The van der Waals surface area contributed by atoms with Crippen LogP contribution in [0.1, 0.15) is 17.2 Å². The predicted molar refractivity (Wildman–Crippen MR) is 68.3 cm³/mol. The number of benzene rings is 1. The van der Waals surface area contributed by atoms with Crippen molar-refractivity contribution < 1.29 is 9.53 Å². The maximum absolute atomic E-state index is 12.5. The molecule has 1 fully saturated rings. The summed E-state index contributed by atoms with van der Waals surface area (Å²) in [5.41, 5.74) is 2.30. The number of carbonyl (C=O) groups is 1. The molecule has 2 heterocycles. The van der Waals surface area contributed by atoms with E-state index in [9.17, 15) is 4.79 Å². The Bertz CT molecular complexity index is 441. The molecular weight excluding hydrogens is 228 g/mol. The highest BCUT2D eigenvalue weighted by Crippen LogP contribution is 2.28. The van der Waals surface area contributed by atoms with Crippen LogP contribution < -0.4 is 5.32 Å². The van der Waals surface area contributed by atoms with Crippen LogP contribution in [0.15, 0.2) is 24.3 Å². The number of fused-ring (bicyclic) bond motifs is 1. The summed E-state index contributed by atoms with van der Waals surface area (Å²) in [6, 6.07) is 8.11. The second-order valence-electron chi connectivity index (χ2n) is 4.77. The van der Waals surface area contributed by atoms with Gasteiger partial charge in [0.25, 0.3) is 5.91 Å². The number of amides is 1. The van der Waals surface area contributed by atoms with E-state index >= 15 is 0 Å². The van der Waals surface area contributed by atoms with Gasteiger partial charge >= 0.3 is 0 Å². The van der Waals surface area contributed by atoms with Crippen LogP contribution in [0.4, 0.5) is 0 Å². The Labute approximate surface area is 107 Å². The summed E-state index contributed by atoms with van der Waals surface area (Å²) >= 11 is 0. The number of hydrogen-bond donors (Lipinski definition) is 1. The molecular formula is C14H18N2O2. The monoisotopic (exact) mass is 246 g/mol. The molecule has 1 atom stereocenters. The molecule has 0 radical (unpaired) electrons. The molecule has 4 nitrogen and oxygen atoms in total. The van der Waals surface area contributed by atoms with Crippen molar-refractivity contribution in [3.05, 3.63) is 35.4 Å². The van der Waals surface area contributed by atoms with E-state index in [1.54, 1.807) is 0 Å². The van der Waals surface area contributed by atoms with Gasteiger partial charge in [0.2, 0.25) is 0 Å². The largest absolute Gasteiger partial charge is 0.363 e. The maximum atomic E-state index is 12.5. The fraction of sp³-hybridized carbons (Fsp3) is 0.500. The molecule has 0 spiro atoms. The lowest BCUT2D eigenvalue weighted by Crippen LogP contribution is -2.48. The quantitative estimate of drug-likeness (QED) is 0.794. The Morgan fingerprint density at radius 2 is 2.06 bits per heavy atom. The second-order valence-corrected chi connectivity index (χ2v) is 4.77. The molecule has 1 saturated heterocycles. The SMILES string of the molecule is O=C(C1OCCc2ccccc21)N1CCNCC1. The number of nitrogens with zero attached hydrogens (tertiary/aromatic N) is 1. The first kappa shape index (κ1) is 11.7. The molecule has 2 aliphatic rings. The van der Waals surface area contributed by atoms with Crippen LogP contribution in [0.25, 0.3) is 0 Å². The first-order chi connectivity index (χ1) is 8.86. The highest BCUT2D eigenvalue weighted by molar-refractivity contribution is 5.83. The maximum Gasteiger partial charge on any atom is 0.256 e. The number of ether oxygens (including phenoxy) is 1. The third-order valence-electron chi connectivity index (χ3n) is 3.65. The number of rotatable bonds is 1. The van der Waals surface area contributed by atoms with Gasteiger partial charge in [-0.15, -0.1) is 0 Å². The van der Waals surface area contributed by atoms with E-state index in [1.807, 2.05) is 23.1 Å². The summed E-state index contributed by atoms with van der Waals surface area (Å²) in [4.78, 5) is 14.4. The van der Waals surface area contributed by atoms with Crippen molar-refractivity contribution in [1.29, 1.82) is 0 Å². The van der Waals surface area contributed by atoms with E-state index in [4.69, 9.17) is 4.74 Å². The van der Waals surface area contributed by atoms with Gasteiger partial charge in [-0.1, -0.05) is 24.3 Å². The molecule has 1 amide bonds. The zero-order chi connectivity index (χ0) is 12.4. The Morgan fingerprint density at radius 1 is 1.28 bits per heavy atom. The van der Waals surface area contributed by atoms with Gasteiger partial charge in [-0.3, -0.25) is 4.79 Å². The molecule has 96 valence electrons. The van der Waals surface area contributed by atoms with Gasteiger partial charge in [-0.25, -0.2) is 0 Å². The van der Waals surface area contributed by atoms with Gasteiger partial charge in [0.1, 0.15) is 0 Å². The van der Waals surface area contributed by atoms with Crippen molar-refractivity contribution in [3.63, 3.8) is 0 Å². The van der Waals surface area contributed by atoms with Crippen molar-refractivity contribution in [2.75, 3.05) is 32.8 Å². The highest BCUT2D eigenvalue weighted by Gasteiger charge is 2.31. The minimum Gasteiger partial charge on any atom is -0.363 e. The van der Waals surface area contributed by atoms with E-state index in [0.29, 0.717) is 6.61 Å². The smallest absolute Gasteiger partial charge is 0.256 e. The third-order valence-corrected chi connectivity index (χ3v) is 3.65. The molecule has 2 aliphatic heterocycles. The van der Waals surface area contributed by atoms with E-state index in [0.717, 1.165) is 38.2 Å². The first-order valence-corrected chi connectivity index (χ1v) is 6.55. The molecule has 1 aromatic carbocycles. The summed E-state index contributed by atoms with van der Waals surface area (Å²) in [6.45, 7) is 3.95. The molecule has 4 heteroatoms. The average Bonchev–Trinajstić information content (AvgIpc) is 2.47. The van der Waals surface area contributed by atoms with Gasteiger partial charge < -0.3 is 15.0 Å². The Kier molecular flexibility index (Phi) is 3.30. The lowest BCUT2D eigenvalue weighted by Gasteiger charge is -2.33. The van der Waals surface area contributed by atoms with Gasteiger partial charge in [-0.2, -0.15) is 0 Å². The van der Waals surface area contributed by atoms with Crippen LogP contribution in [0.5, 0.6) is 0 Å². The molecule has 0 bridgehead atoms. The van der Waals surface area contributed by atoms with Crippen molar-refractivity contribution >= 4 is 5.91 Å². The zero-order valence-corrected chi connectivity index (χ0v) is 10.4. The van der Waals surface area contributed by atoms with Crippen LogP contribution >= 0.6 is 0 Å². The van der Waals surface area contributed by atoms with E-state index in [2.05, 4.69) is 11.4 Å². The van der Waals surface area contributed by atoms with Gasteiger partial charge in [0, 0.05) is 26.2 Å². The third kappa shape index (κ3) is 2.13. The zero-order valence-electron chi connectivity index (χ0n) is 10.4. The number of piperazine rings is 1. The normalized spacial score (nSPS) is 23.6. The molecule has 1 unspecified atom stereocenters. The first-order valence-electron chi connectivity index (χ1n) is 6.55. The Hall–Kier alpha value is -1.39. The summed E-state index contributed by atoms with van der Waals surface area (Å²) in [6.07, 6.45) is 0.509. The van der Waals surface area contributed by atoms with Crippen molar-refractivity contribution in [2.45, 2.75) is 12.5 Å². The summed E-state index contributed by atoms with van der Waals surface area (Å²) < 4.78 is 5.71. The summed E-state index contributed by atoms with van der Waals surface area (Å²) in [7, 11) is 0. The van der Waals surface area contributed by atoms with Gasteiger partial charge in [0.15, 0.2) is 6.10 Å². The van der Waals surface area contributed by atoms with Crippen molar-refractivity contribution in [3.8, 4) is 0 Å². The highest BCUT2D eigenvalue weighted by atomic mass is 16.5. The van der Waals surface area contributed by atoms with Crippen LogP contribution in [-0.4, -0.2) is 43.6 Å². The number of hydrogen-bond acceptors (Lipinski definition) is 3. The minimum atomic E-state index is -0.395. The van der Waals surface area contributed by atoms with E-state index in [1.165, 1.54) is 5.56 Å². The van der Waals surface area contributed by atoms with E-state index < -0.39 is 6.10 Å². The fourth-order valence-electron chi connectivity index (χ4n) is 2.65. The molecule has 0 saturated carbocycles. The molecule has 18 heavy (non-hydrogen) atoms. The van der Waals surface area contributed by atoms with E-state index in [-0.39, 0.29) is 5.91 Å². The lowest BCUT2D eigenvalue weighted by atomic mass is 9.96. The molecule has 0 aromatic heterocycles. The standard InChI is InChI=1S/C14H18N2O2/c17-14(16-8-6-15-7-9-16)13-12-4-2-1-3-11(12)5-10-18-13/h1-4,13,15H,5-10H2. The average molecular weight is 246 g/mol. The Balaban J connectivity index is 1.82. The molecule has 0 aliphatic carbocycles. The molecule has 3 rings (SSSR count). The van der Waals surface area contributed by atoms with Crippen LogP contribution in [0.3, 0.4) is 0 Å². The topological polar surface area (TPSA) is 41.6 Å². The number of carbonyl (C=O) groups excluding carboxylic acids is 1. The summed E-state index contributed by atoms with van der Waals surface area (Å²) in [5.74, 6) is 0.114. The van der Waals surface area contributed by atoms with Crippen molar-refractivity contribution in [1.82, 2.24) is 10.2 Å². The van der Waals surface area contributed by atoms with Crippen LogP contribution in [-0.2, 0) is 16.0 Å². The van der Waals surface area contributed by atoms with Crippen LogP contribution in [0.2, 0.25) is 0 Å². The lowest BCUT2D eigenvalue weighted by molar-refractivity contribution is -0.145. The molecule has 1 aromatic rings. The minimum absolute atomic E-state index is 0.114.